The number of aliphatic hydroxyl groups is 1. The maximum atomic E-state index is 12.2. The third-order valence-corrected chi connectivity index (χ3v) is 2.85. The van der Waals surface area contributed by atoms with E-state index in [-0.39, 0.29) is 12.5 Å². The Morgan fingerprint density at radius 2 is 2.24 bits per heavy atom. The Bertz CT molecular complexity index is 680. The first-order valence-corrected chi connectivity index (χ1v) is 6.78. The van der Waals surface area contributed by atoms with Gasteiger partial charge in [-0.05, 0) is 37.1 Å². The van der Waals surface area contributed by atoms with Gasteiger partial charge in [0.05, 0.1) is 6.61 Å². The molecule has 5 nitrogen and oxygen atoms in total. The van der Waals surface area contributed by atoms with Crippen molar-refractivity contribution < 1.29 is 9.90 Å². The molecule has 0 aliphatic heterocycles. The van der Waals surface area contributed by atoms with Gasteiger partial charge in [0, 0.05) is 19.2 Å². The second kappa shape index (κ2) is 7.27. The smallest absolute Gasteiger partial charge is 0.273 e. The van der Waals surface area contributed by atoms with Crippen LogP contribution >= 0.6 is 0 Å². The van der Waals surface area contributed by atoms with Gasteiger partial charge in [0.25, 0.3) is 5.91 Å². The Hall–Kier alpha value is -2.58. The van der Waals surface area contributed by atoms with E-state index in [2.05, 4.69) is 22.1 Å². The topological polar surface area (TPSA) is 67.2 Å². The Labute approximate surface area is 123 Å². The molecule has 0 radical (unpaired) electrons. The second-order valence-electron chi connectivity index (χ2n) is 4.32. The molecule has 2 aromatic heterocycles. The summed E-state index contributed by atoms with van der Waals surface area (Å²) in [4.78, 5) is 16.4. The molecule has 108 valence electrons. The second-order valence-corrected chi connectivity index (χ2v) is 4.32. The number of anilines is 1. The molecule has 0 saturated heterocycles. The first-order chi connectivity index (χ1) is 10.2. The average Bonchev–Trinajstić information content (AvgIpc) is 2.96. The van der Waals surface area contributed by atoms with Crippen molar-refractivity contribution in [2.45, 2.75) is 19.9 Å². The predicted octanol–water partition coefficient (Wildman–Crippen LogP) is 1.89. The summed E-state index contributed by atoms with van der Waals surface area (Å²) in [5, 5.41) is 11.5. The lowest BCUT2D eigenvalue weighted by atomic mass is 10.3. The molecule has 0 aromatic carbocycles. The van der Waals surface area contributed by atoms with Crippen molar-refractivity contribution in [3.05, 3.63) is 47.9 Å². The molecule has 0 aliphatic carbocycles. The fourth-order valence-electron chi connectivity index (χ4n) is 1.86. The number of carbonyl (C=O) groups is 1. The van der Waals surface area contributed by atoms with Crippen molar-refractivity contribution in [2.24, 2.45) is 0 Å². The van der Waals surface area contributed by atoms with Crippen LogP contribution < -0.4 is 5.32 Å². The Kier molecular flexibility index (Phi) is 5.13. The minimum Gasteiger partial charge on any atom is -0.395 e. The number of rotatable bonds is 4. The van der Waals surface area contributed by atoms with Crippen LogP contribution in [0.4, 0.5) is 5.82 Å². The summed E-state index contributed by atoms with van der Waals surface area (Å²) in [7, 11) is 0. The van der Waals surface area contributed by atoms with E-state index < -0.39 is 0 Å². The summed E-state index contributed by atoms with van der Waals surface area (Å²) in [6, 6.07) is 8.86. The first-order valence-electron chi connectivity index (χ1n) is 6.78. The number of aromatic nitrogens is 2. The molecule has 2 aromatic rings. The highest BCUT2D eigenvalue weighted by molar-refractivity contribution is 6.02. The number of amides is 1. The average molecular weight is 283 g/mol. The van der Waals surface area contributed by atoms with Crippen LogP contribution in [0.2, 0.25) is 0 Å². The van der Waals surface area contributed by atoms with Crippen molar-refractivity contribution in [3.8, 4) is 11.8 Å². The first kappa shape index (κ1) is 14.8. The molecule has 21 heavy (non-hydrogen) atoms. The van der Waals surface area contributed by atoms with Gasteiger partial charge in [0.15, 0.2) is 0 Å². The number of hydrogen-bond donors (Lipinski definition) is 2. The number of carbonyl (C=O) groups excluding carboxylic acids is 1. The Morgan fingerprint density at radius 3 is 3.00 bits per heavy atom. The van der Waals surface area contributed by atoms with Crippen molar-refractivity contribution in [3.63, 3.8) is 0 Å². The van der Waals surface area contributed by atoms with Gasteiger partial charge in [-0.1, -0.05) is 12.0 Å². The lowest BCUT2D eigenvalue weighted by molar-refractivity contribution is 0.101. The minimum absolute atomic E-state index is 0.0252. The summed E-state index contributed by atoms with van der Waals surface area (Å²) >= 11 is 0. The van der Waals surface area contributed by atoms with E-state index in [1.807, 2.05) is 23.8 Å². The van der Waals surface area contributed by atoms with Gasteiger partial charge < -0.3 is 15.0 Å². The molecular formula is C16H17N3O2. The van der Waals surface area contributed by atoms with Crippen LogP contribution in [0.3, 0.4) is 0 Å². The SMILES string of the molecule is CCn1cccc1C(=O)Nc1cccc(C#CCCO)n1. The van der Waals surface area contributed by atoms with Gasteiger partial charge in [-0.25, -0.2) is 4.98 Å². The van der Waals surface area contributed by atoms with E-state index in [0.717, 1.165) is 6.54 Å². The zero-order valence-corrected chi connectivity index (χ0v) is 11.8. The van der Waals surface area contributed by atoms with E-state index in [1.54, 1.807) is 24.3 Å². The number of aryl methyl sites for hydroxylation is 1. The van der Waals surface area contributed by atoms with Crippen molar-refractivity contribution in [2.75, 3.05) is 11.9 Å². The van der Waals surface area contributed by atoms with Crippen LogP contribution in [-0.2, 0) is 6.54 Å². The highest BCUT2D eigenvalue weighted by Gasteiger charge is 2.10. The maximum Gasteiger partial charge on any atom is 0.273 e. The van der Waals surface area contributed by atoms with E-state index in [0.29, 0.717) is 23.6 Å². The van der Waals surface area contributed by atoms with Gasteiger partial charge in [-0.3, -0.25) is 4.79 Å². The number of aliphatic hydroxyl groups excluding tert-OH is 1. The quantitative estimate of drug-likeness (QED) is 0.842. The fraction of sp³-hybridized carbons (Fsp3) is 0.250. The Balaban J connectivity index is 2.11. The molecule has 1 amide bonds. The molecule has 0 fully saturated rings. The van der Waals surface area contributed by atoms with Crippen LogP contribution in [0.15, 0.2) is 36.5 Å². The zero-order chi connectivity index (χ0) is 15.1. The predicted molar refractivity (Wildman–Crippen MR) is 80.9 cm³/mol. The van der Waals surface area contributed by atoms with Crippen LogP contribution in [0.1, 0.15) is 29.5 Å². The monoisotopic (exact) mass is 283 g/mol. The maximum absolute atomic E-state index is 12.2. The van der Waals surface area contributed by atoms with Gasteiger partial charge in [-0.15, -0.1) is 0 Å². The normalized spacial score (nSPS) is 9.81. The molecular weight excluding hydrogens is 266 g/mol. The standard InChI is InChI=1S/C16H17N3O2/c1-2-19-11-6-9-14(19)16(21)18-15-10-5-8-13(17-15)7-3-4-12-20/h5-6,8-11,20H,2,4,12H2,1H3,(H,17,18,21). The van der Waals surface area contributed by atoms with Gasteiger partial charge in [-0.2, -0.15) is 0 Å². The zero-order valence-electron chi connectivity index (χ0n) is 11.8. The summed E-state index contributed by atoms with van der Waals surface area (Å²) in [6.45, 7) is 2.74. The van der Waals surface area contributed by atoms with Crippen molar-refractivity contribution >= 4 is 11.7 Å². The van der Waals surface area contributed by atoms with Crippen LogP contribution in [0.25, 0.3) is 0 Å². The summed E-state index contributed by atoms with van der Waals surface area (Å²) in [6.07, 6.45) is 2.27. The number of pyridine rings is 1. The summed E-state index contributed by atoms with van der Waals surface area (Å²) in [5.74, 6) is 5.90. The largest absolute Gasteiger partial charge is 0.395 e. The lowest BCUT2D eigenvalue weighted by Crippen LogP contribution is -2.17. The molecule has 0 bridgehead atoms. The van der Waals surface area contributed by atoms with Gasteiger partial charge >= 0.3 is 0 Å². The van der Waals surface area contributed by atoms with E-state index in [4.69, 9.17) is 5.11 Å². The molecule has 0 aliphatic rings. The van der Waals surface area contributed by atoms with Crippen molar-refractivity contribution in [1.82, 2.24) is 9.55 Å². The van der Waals surface area contributed by atoms with Gasteiger partial charge in [0.2, 0.25) is 0 Å². The van der Waals surface area contributed by atoms with E-state index >= 15 is 0 Å². The van der Waals surface area contributed by atoms with Gasteiger partial charge in [0.1, 0.15) is 17.2 Å². The van der Waals surface area contributed by atoms with Crippen LogP contribution in [0.5, 0.6) is 0 Å². The minimum atomic E-state index is -0.199. The highest BCUT2D eigenvalue weighted by atomic mass is 16.2. The van der Waals surface area contributed by atoms with Crippen molar-refractivity contribution in [1.29, 1.82) is 0 Å². The molecule has 2 rings (SSSR count). The van der Waals surface area contributed by atoms with Crippen LogP contribution in [0, 0.1) is 11.8 Å². The number of hydrogen-bond acceptors (Lipinski definition) is 3. The molecule has 0 saturated carbocycles. The fourth-order valence-corrected chi connectivity index (χ4v) is 1.86. The molecule has 0 atom stereocenters. The number of nitrogens with one attached hydrogen (secondary N) is 1. The summed E-state index contributed by atoms with van der Waals surface area (Å²) < 4.78 is 1.86. The molecule has 5 heteroatoms. The lowest BCUT2D eigenvalue weighted by Gasteiger charge is -2.07. The summed E-state index contributed by atoms with van der Waals surface area (Å²) in [5.41, 5.74) is 1.16. The van der Waals surface area contributed by atoms with E-state index in [1.165, 1.54) is 0 Å². The Morgan fingerprint density at radius 1 is 1.38 bits per heavy atom. The molecule has 0 unspecified atom stereocenters. The molecule has 0 spiro atoms. The number of nitrogens with zero attached hydrogens (tertiary/aromatic N) is 2. The molecule has 2 heterocycles. The van der Waals surface area contributed by atoms with E-state index in [9.17, 15) is 4.79 Å². The third kappa shape index (κ3) is 3.94. The molecule has 2 N–H and O–H groups in total. The third-order valence-electron chi connectivity index (χ3n) is 2.85. The van der Waals surface area contributed by atoms with Crippen LogP contribution in [-0.4, -0.2) is 27.2 Å². The highest BCUT2D eigenvalue weighted by Crippen LogP contribution is 2.08.